The third-order valence-corrected chi connectivity index (χ3v) is 10.0. The summed E-state index contributed by atoms with van der Waals surface area (Å²) in [6, 6.07) is 72.2. The second-order valence-electron chi connectivity index (χ2n) is 13.0. The fourth-order valence-electron chi connectivity index (χ4n) is 7.84. The van der Waals surface area contributed by atoms with E-state index in [2.05, 4.69) is 215 Å². The number of hydrogen-bond acceptors (Lipinski definition) is 2. The molecule has 0 saturated carbocycles. The van der Waals surface area contributed by atoms with Gasteiger partial charge in [-0.15, -0.1) is 0 Å². The van der Waals surface area contributed by atoms with Gasteiger partial charge in [0.15, 0.2) is 0 Å². The molecule has 1 aliphatic heterocycles. The predicted molar refractivity (Wildman–Crippen MR) is 215 cm³/mol. The van der Waals surface area contributed by atoms with Gasteiger partial charge >= 0.3 is 0 Å². The first-order chi connectivity index (χ1) is 25.3. The van der Waals surface area contributed by atoms with Crippen LogP contribution in [0.15, 0.2) is 200 Å². The van der Waals surface area contributed by atoms with Crippen LogP contribution >= 0.6 is 0 Å². The van der Waals surface area contributed by atoms with Crippen LogP contribution in [0.1, 0.15) is 0 Å². The Morgan fingerprint density at radius 3 is 1.39 bits per heavy atom. The number of fused-ring (bicyclic) bond motifs is 6. The number of anilines is 6. The maximum Gasteiger partial charge on any atom is 0.0804 e. The molecule has 0 saturated heterocycles. The molecule has 0 aliphatic carbocycles. The van der Waals surface area contributed by atoms with Crippen molar-refractivity contribution in [3.8, 4) is 27.9 Å². The molecule has 240 valence electrons. The largest absolute Gasteiger partial charge is 0.309 e. The van der Waals surface area contributed by atoms with Crippen LogP contribution in [0.5, 0.6) is 0 Å². The van der Waals surface area contributed by atoms with Crippen molar-refractivity contribution in [2.45, 2.75) is 0 Å². The van der Waals surface area contributed by atoms with E-state index in [4.69, 9.17) is 0 Å². The van der Waals surface area contributed by atoms with Crippen molar-refractivity contribution in [3.05, 3.63) is 200 Å². The molecule has 0 radical (unpaired) electrons. The van der Waals surface area contributed by atoms with Crippen LogP contribution in [-0.4, -0.2) is 4.57 Å². The zero-order chi connectivity index (χ0) is 33.7. The first-order valence-electron chi connectivity index (χ1n) is 17.5. The van der Waals surface area contributed by atoms with Gasteiger partial charge in [-0.3, -0.25) is 0 Å². The highest BCUT2D eigenvalue weighted by Crippen LogP contribution is 2.57. The normalized spacial score (nSPS) is 12.2. The summed E-state index contributed by atoms with van der Waals surface area (Å²) < 4.78 is 2.46. The van der Waals surface area contributed by atoms with E-state index in [9.17, 15) is 0 Å². The molecule has 0 atom stereocenters. The van der Waals surface area contributed by atoms with Gasteiger partial charge in [-0.2, -0.15) is 0 Å². The van der Waals surface area contributed by atoms with E-state index in [0.29, 0.717) is 0 Å². The Morgan fingerprint density at radius 1 is 0.294 bits per heavy atom. The summed E-state index contributed by atoms with van der Waals surface area (Å²) in [6.45, 7) is 0. The quantitative estimate of drug-likeness (QED) is 0.183. The van der Waals surface area contributed by atoms with Crippen LogP contribution in [-0.2, 0) is 0 Å². The van der Waals surface area contributed by atoms with Crippen LogP contribution in [0.25, 0.3) is 49.7 Å². The number of para-hydroxylation sites is 5. The van der Waals surface area contributed by atoms with Crippen molar-refractivity contribution in [1.82, 2.24) is 4.57 Å². The summed E-state index contributed by atoms with van der Waals surface area (Å²) in [4.78, 5) is 4.87. The van der Waals surface area contributed by atoms with Crippen molar-refractivity contribution < 1.29 is 0 Å². The SMILES string of the molecule is c1ccc(-c2cc(-c3ccccc3)cc(-n3c4ccccc4c4c5c(ccc43)N(c3ccccc3)c3ccccc3N5c3ccccc3)c2)cc1. The highest BCUT2D eigenvalue weighted by molar-refractivity contribution is 6.22. The highest BCUT2D eigenvalue weighted by Gasteiger charge is 2.33. The highest BCUT2D eigenvalue weighted by atomic mass is 15.3. The van der Waals surface area contributed by atoms with Crippen LogP contribution in [0.3, 0.4) is 0 Å². The first kappa shape index (κ1) is 29.1. The fourth-order valence-corrected chi connectivity index (χ4v) is 7.84. The Labute approximate surface area is 297 Å². The minimum Gasteiger partial charge on any atom is -0.309 e. The first-order valence-corrected chi connectivity index (χ1v) is 17.5. The monoisotopic (exact) mass is 651 g/mol. The van der Waals surface area contributed by atoms with Crippen LogP contribution in [0.2, 0.25) is 0 Å². The van der Waals surface area contributed by atoms with Gasteiger partial charge < -0.3 is 14.4 Å². The smallest absolute Gasteiger partial charge is 0.0804 e. The summed E-state index contributed by atoms with van der Waals surface area (Å²) in [5, 5.41) is 2.43. The lowest BCUT2D eigenvalue weighted by molar-refractivity contribution is 1.16. The Balaban J connectivity index is 1.32. The van der Waals surface area contributed by atoms with Gasteiger partial charge in [0.1, 0.15) is 0 Å². The molecule has 8 aromatic carbocycles. The lowest BCUT2D eigenvalue weighted by Gasteiger charge is -2.40. The van der Waals surface area contributed by atoms with Crippen LogP contribution in [0, 0.1) is 0 Å². The number of nitrogens with zero attached hydrogens (tertiary/aromatic N) is 3. The number of aromatic nitrogens is 1. The Bertz CT molecular complexity index is 2620. The Morgan fingerprint density at radius 2 is 0.784 bits per heavy atom. The predicted octanol–water partition coefficient (Wildman–Crippen LogP) is 13.4. The van der Waals surface area contributed by atoms with E-state index in [0.717, 1.165) is 39.6 Å². The van der Waals surface area contributed by atoms with Crippen LogP contribution in [0.4, 0.5) is 34.1 Å². The molecule has 0 bridgehead atoms. The van der Waals surface area contributed by atoms with Gasteiger partial charge in [0.25, 0.3) is 0 Å². The number of rotatable bonds is 5. The van der Waals surface area contributed by atoms with Crippen molar-refractivity contribution in [1.29, 1.82) is 0 Å². The maximum atomic E-state index is 2.46. The van der Waals surface area contributed by atoms with Crippen molar-refractivity contribution >= 4 is 55.9 Å². The molecule has 0 spiro atoms. The van der Waals surface area contributed by atoms with E-state index in [1.807, 2.05) is 0 Å². The molecule has 0 amide bonds. The molecule has 3 nitrogen and oxygen atoms in total. The average molecular weight is 652 g/mol. The third-order valence-electron chi connectivity index (χ3n) is 10.0. The zero-order valence-electron chi connectivity index (χ0n) is 27.9. The molecule has 0 fully saturated rings. The maximum absolute atomic E-state index is 2.46. The molecule has 0 unspecified atom stereocenters. The second-order valence-corrected chi connectivity index (χ2v) is 13.0. The Hall–Kier alpha value is -6.84. The molecule has 1 aliphatic rings. The van der Waals surface area contributed by atoms with Crippen molar-refractivity contribution in [3.63, 3.8) is 0 Å². The number of benzene rings is 8. The standard InChI is InChI=1S/C48H33N3/c1-5-17-34(18-6-1)36-31-37(35-19-7-2-8-20-35)33-40(32-36)50-42-26-14-13-25-41(42)47-45(50)29-30-46-48(47)51(39-23-11-4-12-24-39)44-28-16-15-27-43(44)49(46)38-21-9-3-10-22-38/h1-33H. The molecular weight excluding hydrogens is 619 g/mol. The molecule has 9 aromatic rings. The number of hydrogen-bond donors (Lipinski definition) is 0. The summed E-state index contributed by atoms with van der Waals surface area (Å²) in [5.74, 6) is 0. The molecule has 1 aromatic heterocycles. The third kappa shape index (κ3) is 4.74. The lowest BCUT2D eigenvalue weighted by Crippen LogP contribution is -2.24. The Kier molecular flexibility index (Phi) is 6.81. The lowest BCUT2D eigenvalue weighted by atomic mass is 9.98. The van der Waals surface area contributed by atoms with Gasteiger partial charge in [0.05, 0.1) is 33.8 Å². The summed E-state index contributed by atoms with van der Waals surface area (Å²) in [6.07, 6.45) is 0. The summed E-state index contributed by atoms with van der Waals surface area (Å²) in [7, 11) is 0. The van der Waals surface area contributed by atoms with E-state index in [-0.39, 0.29) is 0 Å². The molecule has 2 heterocycles. The van der Waals surface area contributed by atoms with Crippen molar-refractivity contribution in [2.75, 3.05) is 9.80 Å². The zero-order valence-corrected chi connectivity index (χ0v) is 27.9. The second kappa shape index (κ2) is 11.9. The van der Waals surface area contributed by atoms with E-state index in [1.165, 1.54) is 44.2 Å². The van der Waals surface area contributed by atoms with Crippen LogP contribution < -0.4 is 9.80 Å². The fraction of sp³-hybridized carbons (Fsp3) is 0. The van der Waals surface area contributed by atoms with Gasteiger partial charge in [0, 0.05) is 27.8 Å². The molecule has 3 heteroatoms. The summed E-state index contributed by atoms with van der Waals surface area (Å²) >= 11 is 0. The average Bonchev–Trinajstić information content (AvgIpc) is 3.56. The van der Waals surface area contributed by atoms with Gasteiger partial charge in [0.2, 0.25) is 0 Å². The minimum absolute atomic E-state index is 1.13. The van der Waals surface area contributed by atoms with Crippen molar-refractivity contribution in [2.24, 2.45) is 0 Å². The van der Waals surface area contributed by atoms with E-state index < -0.39 is 0 Å². The minimum atomic E-state index is 1.13. The molecule has 51 heavy (non-hydrogen) atoms. The molecule has 10 rings (SSSR count). The summed E-state index contributed by atoms with van der Waals surface area (Å²) in [5.41, 5.74) is 15.1. The topological polar surface area (TPSA) is 11.4 Å². The van der Waals surface area contributed by atoms with Gasteiger partial charge in [-0.05, 0) is 95.1 Å². The molecular formula is C48H33N3. The van der Waals surface area contributed by atoms with Gasteiger partial charge in [-0.25, -0.2) is 0 Å². The van der Waals surface area contributed by atoms with E-state index >= 15 is 0 Å². The van der Waals surface area contributed by atoms with Gasteiger partial charge in [-0.1, -0.05) is 127 Å². The van der Waals surface area contributed by atoms with E-state index in [1.54, 1.807) is 0 Å². The molecule has 0 N–H and O–H groups in total.